The van der Waals surface area contributed by atoms with Crippen LogP contribution >= 0.6 is 0 Å². The van der Waals surface area contributed by atoms with E-state index in [1.54, 1.807) is 25.2 Å². The fourth-order valence-electron chi connectivity index (χ4n) is 1.44. The van der Waals surface area contributed by atoms with Crippen molar-refractivity contribution in [2.24, 2.45) is 0 Å². The SMILES string of the molecule is CNc1cccc(Oc2ccc(C(F)(F)F)cc2)n1. The minimum atomic E-state index is -4.34. The minimum absolute atomic E-state index is 0.300. The van der Waals surface area contributed by atoms with Gasteiger partial charge in [-0.1, -0.05) is 6.07 Å². The van der Waals surface area contributed by atoms with Gasteiger partial charge in [0.2, 0.25) is 5.88 Å². The van der Waals surface area contributed by atoms with E-state index in [9.17, 15) is 13.2 Å². The standard InChI is InChI=1S/C13H11F3N2O/c1-17-11-3-2-4-12(18-11)19-10-7-5-9(6-8-10)13(14,15)16/h2-8H,1H3,(H,17,18). The van der Waals surface area contributed by atoms with Crippen LogP contribution in [0.4, 0.5) is 19.0 Å². The highest BCUT2D eigenvalue weighted by atomic mass is 19.4. The van der Waals surface area contributed by atoms with Gasteiger partial charge in [0.15, 0.2) is 0 Å². The van der Waals surface area contributed by atoms with Gasteiger partial charge >= 0.3 is 6.18 Å². The summed E-state index contributed by atoms with van der Waals surface area (Å²) in [5.41, 5.74) is -0.711. The molecule has 19 heavy (non-hydrogen) atoms. The number of hydrogen-bond acceptors (Lipinski definition) is 3. The molecule has 6 heteroatoms. The first-order valence-electron chi connectivity index (χ1n) is 5.49. The molecule has 0 amide bonds. The Kier molecular flexibility index (Phi) is 3.59. The van der Waals surface area contributed by atoms with Crippen molar-refractivity contribution in [3.05, 3.63) is 48.0 Å². The number of nitrogens with zero attached hydrogens (tertiary/aromatic N) is 1. The molecule has 3 nitrogen and oxygen atoms in total. The Labute approximate surface area is 108 Å². The predicted octanol–water partition coefficient (Wildman–Crippen LogP) is 3.93. The second-order valence-corrected chi connectivity index (χ2v) is 3.74. The zero-order valence-corrected chi connectivity index (χ0v) is 10.0. The Morgan fingerprint density at radius 2 is 1.74 bits per heavy atom. The number of nitrogens with one attached hydrogen (secondary N) is 1. The molecule has 1 aromatic carbocycles. The second kappa shape index (κ2) is 5.17. The largest absolute Gasteiger partial charge is 0.439 e. The van der Waals surface area contributed by atoms with Gasteiger partial charge in [-0.2, -0.15) is 18.2 Å². The van der Waals surface area contributed by atoms with E-state index in [-0.39, 0.29) is 0 Å². The molecule has 2 aromatic rings. The summed E-state index contributed by atoms with van der Waals surface area (Å²) in [5, 5.41) is 2.84. The topological polar surface area (TPSA) is 34.1 Å². The number of pyridine rings is 1. The Morgan fingerprint density at radius 3 is 2.32 bits per heavy atom. The van der Waals surface area contributed by atoms with Crippen molar-refractivity contribution in [3.8, 4) is 11.6 Å². The second-order valence-electron chi connectivity index (χ2n) is 3.74. The average molecular weight is 268 g/mol. The van der Waals surface area contributed by atoms with Crippen LogP contribution in [0.15, 0.2) is 42.5 Å². The van der Waals surface area contributed by atoms with Gasteiger partial charge in [-0.05, 0) is 30.3 Å². The zero-order valence-electron chi connectivity index (χ0n) is 10.0. The van der Waals surface area contributed by atoms with E-state index in [1.807, 2.05) is 0 Å². The molecule has 0 aliphatic carbocycles. The fourth-order valence-corrected chi connectivity index (χ4v) is 1.44. The summed E-state index contributed by atoms with van der Waals surface area (Å²) in [6.07, 6.45) is -4.34. The molecule has 0 saturated carbocycles. The molecule has 0 spiro atoms. The summed E-state index contributed by atoms with van der Waals surface area (Å²) in [5.74, 6) is 1.23. The van der Waals surface area contributed by atoms with Crippen molar-refractivity contribution in [1.82, 2.24) is 4.98 Å². The molecule has 0 atom stereocenters. The lowest BCUT2D eigenvalue weighted by atomic mass is 10.2. The van der Waals surface area contributed by atoms with E-state index >= 15 is 0 Å². The number of anilines is 1. The molecule has 100 valence electrons. The molecule has 1 N–H and O–H groups in total. The van der Waals surface area contributed by atoms with E-state index < -0.39 is 11.7 Å². The first kappa shape index (κ1) is 13.2. The molecule has 0 bridgehead atoms. The van der Waals surface area contributed by atoms with Gasteiger partial charge in [0.1, 0.15) is 11.6 Å². The van der Waals surface area contributed by atoms with Crippen molar-refractivity contribution in [2.75, 3.05) is 12.4 Å². The lowest BCUT2D eigenvalue weighted by Crippen LogP contribution is -2.04. The molecular weight excluding hydrogens is 257 g/mol. The number of aromatic nitrogens is 1. The van der Waals surface area contributed by atoms with Gasteiger partial charge in [-0.25, -0.2) is 0 Å². The maximum Gasteiger partial charge on any atom is 0.416 e. The van der Waals surface area contributed by atoms with Crippen LogP contribution in [-0.2, 0) is 6.18 Å². The van der Waals surface area contributed by atoms with Gasteiger partial charge in [0.25, 0.3) is 0 Å². The number of hydrogen-bond donors (Lipinski definition) is 1. The molecule has 0 radical (unpaired) electrons. The fraction of sp³-hybridized carbons (Fsp3) is 0.154. The lowest BCUT2D eigenvalue weighted by Gasteiger charge is -2.09. The van der Waals surface area contributed by atoms with Crippen LogP contribution in [0.5, 0.6) is 11.6 Å². The predicted molar refractivity (Wildman–Crippen MR) is 65.3 cm³/mol. The van der Waals surface area contributed by atoms with Crippen LogP contribution in [0.1, 0.15) is 5.56 Å². The summed E-state index contributed by atoms with van der Waals surface area (Å²) in [4.78, 5) is 4.10. The summed E-state index contributed by atoms with van der Waals surface area (Å²) in [6.45, 7) is 0. The Hall–Kier alpha value is -2.24. The van der Waals surface area contributed by atoms with E-state index in [4.69, 9.17) is 4.74 Å². The van der Waals surface area contributed by atoms with Crippen molar-refractivity contribution >= 4 is 5.82 Å². The van der Waals surface area contributed by atoms with Crippen molar-refractivity contribution in [1.29, 1.82) is 0 Å². The molecule has 0 saturated heterocycles. The highest BCUT2D eigenvalue weighted by Gasteiger charge is 2.30. The number of halogens is 3. The molecule has 1 heterocycles. The third-order valence-corrected chi connectivity index (χ3v) is 2.38. The maximum absolute atomic E-state index is 12.4. The molecule has 0 aliphatic rings. The van der Waals surface area contributed by atoms with Crippen LogP contribution in [0.3, 0.4) is 0 Å². The highest BCUT2D eigenvalue weighted by Crippen LogP contribution is 2.31. The smallest absolute Gasteiger partial charge is 0.416 e. The van der Waals surface area contributed by atoms with Crippen LogP contribution < -0.4 is 10.1 Å². The van der Waals surface area contributed by atoms with Crippen LogP contribution in [-0.4, -0.2) is 12.0 Å². The first-order valence-corrected chi connectivity index (χ1v) is 5.49. The average Bonchev–Trinajstić information content (AvgIpc) is 2.38. The van der Waals surface area contributed by atoms with E-state index in [2.05, 4.69) is 10.3 Å². The lowest BCUT2D eigenvalue weighted by molar-refractivity contribution is -0.137. The van der Waals surface area contributed by atoms with Crippen LogP contribution in [0.2, 0.25) is 0 Å². The van der Waals surface area contributed by atoms with Gasteiger partial charge in [0.05, 0.1) is 5.56 Å². The third-order valence-electron chi connectivity index (χ3n) is 2.38. The van der Waals surface area contributed by atoms with Crippen molar-refractivity contribution in [2.45, 2.75) is 6.18 Å². The van der Waals surface area contributed by atoms with Gasteiger partial charge in [0, 0.05) is 13.1 Å². The number of alkyl halides is 3. The Morgan fingerprint density at radius 1 is 1.05 bits per heavy atom. The Balaban J connectivity index is 2.15. The molecule has 1 aromatic heterocycles. The van der Waals surface area contributed by atoms with Crippen LogP contribution in [0, 0.1) is 0 Å². The molecule has 0 unspecified atom stereocenters. The number of ether oxygens (including phenoxy) is 1. The van der Waals surface area contributed by atoms with E-state index in [0.717, 1.165) is 12.1 Å². The molecular formula is C13H11F3N2O. The maximum atomic E-state index is 12.4. The third kappa shape index (κ3) is 3.37. The normalized spacial score (nSPS) is 11.2. The van der Waals surface area contributed by atoms with Gasteiger partial charge in [-0.3, -0.25) is 0 Å². The minimum Gasteiger partial charge on any atom is -0.439 e. The van der Waals surface area contributed by atoms with E-state index in [0.29, 0.717) is 17.4 Å². The summed E-state index contributed by atoms with van der Waals surface area (Å²) >= 11 is 0. The highest BCUT2D eigenvalue weighted by molar-refractivity contribution is 5.38. The van der Waals surface area contributed by atoms with E-state index in [1.165, 1.54) is 12.1 Å². The Bertz CT molecular complexity index is 553. The first-order chi connectivity index (χ1) is 8.99. The number of rotatable bonds is 3. The molecule has 2 rings (SSSR count). The quantitative estimate of drug-likeness (QED) is 0.915. The summed E-state index contributed by atoms with van der Waals surface area (Å²) in [6, 6.07) is 9.57. The van der Waals surface area contributed by atoms with Crippen molar-refractivity contribution < 1.29 is 17.9 Å². The molecule has 0 fully saturated rings. The summed E-state index contributed by atoms with van der Waals surface area (Å²) < 4.78 is 42.5. The van der Waals surface area contributed by atoms with Gasteiger partial charge in [-0.15, -0.1) is 0 Å². The number of benzene rings is 1. The molecule has 0 aliphatic heterocycles. The van der Waals surface area contributed by atoms with Gasteiger partial charge < -0.3 is 10.1 Å². The summed E-state index contributed by atoms with van der Waals surface area (Å²) in [7, 11) is 1.71. The van der Waals surface area contributed by atoms with Crippen LogP contribution in [0.25, 0.3) is 0 Å². The monoisotopic (exact) mass is 268 g/mol. The van der Waals surface area contributed by atoms with Crippen molar-refractivity contribution in [3.63, 3.8) is 0 Å². The zero-order chi connectivity index (χ0) is 13.9.